The number of carbonyl (C=O) groups excluding carboxylic acids is 2. The van der Waals surface area contributed by atoms with Gasteiger partial charge in [-0.25, -0.2) is 9.37 Å². The van der Waals surface area contributed by atoms with Crippen molar-refractivity contribution in [3.05, 3.63) is 94.5 Å². The number of carbonyl (C=O) groups is 2. The number of hydrogen-bond acceptors (Lipinski definition) is 5. The van der Waals surface area contributed by atoms with E-state index in [0.29, 0.717) is 33.0 Å². The van der Waals surface area contributed by atoms with Crippen molar-refractivity contribution in [2.45, 2.75) is 5.16 Å². The van der Waals surface area contributed by atoms with E-state index in [-0.39, 0.29) is 17.2 Å². The maximum Gasteiger partial charge on any atom is 0.266 e. The third-order valence-electron chi connectivity index (χ3n) is 4.62. The van der Waals surface area contributed by atoms with Crippen LogP contribution in [0, 0.1) is 5.82 Å². The Kier molecular flexibility index (Phi) is 6.00. The highest BCUT2D eigenvalue weighted by molar-refractivity contribution is 7.99. The van der Waals surface area contributed by atoms with Gasteiger partial charge in [0.05, 0.1) is 22.3 Å². The minimum atomic E-state index is -0.556. The largest absolute Gasteiger partial charge is 0.366 e. The van der Waals surface area contributed by atoms with Crippen LogP contribution in [0.3, 0.4) is 0 Å². The van der Waals surface area contributed by atoms with E-state index in [1.165, 1.54) is 41.0 Å². The maximum absolute atomic E-state index is 13.4. The van der Waals surface area contributed by atoms with E-state index in [9.17, 15) is 18.8 Å². The molecule has 9 heteroatoms. The second kappa shape index (κ2) is 9.03. The average molecular weight is 448 g/mol. The molecule has 0 bridgehead atoms. The van der Waals surface area contributed by atoms with E-state index in [1.54, 1.807) is 36.4 Å². The number of primary amides is 1. The maximum atomic E-state index is 13.4. The van der Waals surface area contributed by atoms with Crippen molar-refractivity contribution < 1.29 is 14.0 Å². The van der Waals surface area contributed by atoms with E-state index < -0.39 is 11.7 Å². The molecule has 32 heavy (non-hydrogen) atoms. The third kappa shape index (κ3) is 4.52. The summed E-state index contributed by atoms with van der Waals surface area (Å²) in [5, 5.41) is 3.44. The molecule has 0 aliphatic carbocycles. The van der Waals surface area contributed by atoms with Gasteiger partial charge in [-0.05, 0) is 60.7 Å². The van der Waals surface area contributed by atoms with Crippen LogP contribution in [-0.2, 0) is 4.79 Å². The number of amides is 2. The monoisotopic (exact) mass is 448 g/mol. The highest BCUT2D eigenvalue weighted by Crippen LogP contribution is 2.22. The van der Waals surface area contributed by atoms with Crippen molar-refractivity contribution in [2.75, 3.05) is 11.1 Å². The molecule has 0 unspecified atom stereocenters. The van der Waals surface area contributed by atoms with Crippen molar-refractivity contribution >= 4 is 40.2 Å². The van der Waals surface area contributed by atoms with Crippen LogP contribution in [0.4, 0.5) is 10.1 Å². The molecule has 1 heterocycles. The Balaban J connectivity index is 1.61. The first-order valence-electron chi connectivity index (χ1n) is 9.52. The molecule has 3 N–H and O–H groups in total. The number of nitrogens with one attached hydrogen (secondary N) is 1. The molecule has 0 fully saturated rings. The number of benzene rings is 3. The van der Waals surface area contributed by atoms with E-state index in [0.717, 1.165) is 11.8 Å². The number of anilines is 1. The van der Waals surface area contributed by atoms with Gasteiger partial charge in [-0.1, -0.05) is 23.9 Å². The lowest BCUT2D eigenvalue weighted by molar-refractivity contribution is -0.113. The average Bonchev–Trinajstić information content (AvgIpc) is 2.79. The van der Waals surface area contributed by atoms with Crippen LogP contribution in [0.25, 0.3) is 16.6 Å². The van der Waals surface area contributed by atoms with Gasteiger partial charge in [-0.15, -0.1) is 0 Å². The Morgan fingerprint density at radius 2 is 1.69 bits per heavy atom. The minimum Gasteiger partial charge on any atom is -0.366 e. The molecule has 4 aromatic rings. The van der Waals surface area contributed by atoms with Gasteiger partial charge in [0.2, 0.25) is 11.8 Å². The van der Waals surface area contributed by atoms with Crippen molar-refractivity contribution in [1.29, 1.82) is 0 Å². The molecule has 0 aliphatic heterocycles. The number of aromatic nitrogens is 2. The van der Waals surface area contributed by atoms with Crippen LogP contribution >= 0.6 is 11.8 Å². The second-order valence-electron chi connectivity index (χ2n) is 6.81. The molecule has 1 aromatic heterocycles. The number of rotatable bonds is 6. The first kappa shape index (κ1) is 21.3. The van der Waals surface area contributed by atoms with Gasteiger partial charge < -0.3 is 11.1 Å². The Morgan fingerprint density at radius 3 is 2.38 bits per heavy atom. The van der Waals surface area contributed by atoms with Gasteiger partial charge in [0, 0.05) is 11.3 Å². The standard InChI is InChI=1S/C23H17FN4O3S/c24-15-7-11-17(12-8-15)28-22(31)18-3-1-2-4-19(18)27-23(28)32-13-20(29)26-16-9-5-14(6-10-16)21(25)30/h1-12H,13H2,(H2,25,30)(H,26,29). The number of fused-ring (bicyclic) bond motifs is 1. The zero-order valence-electron chi connectivity index (χ0n) is 16.6. The molecule has 0 radical (unpaired) electrons. The highest BCUT2D eigenvalue weighted by Gasteiger charge is 2.15. The summed E-state index contributed by atoms with van der Waals surface area (Å²) in [4.78, 5) is 41.3. The predicted molar refractivity (Wildman–Crippen MR) is 122 cm³/mol. The van der Waals surface area contributed by atoms with Crippen molar-refractivity contribution in [3.8, 4) is 5.69 Å². The van der Waals surface area contributed by atoms with Gasteiger partial charge >= 0.3 is 0 Å². The fraction of sp³-hybridized carbons (Fsp3) is 0.0435. The zero-order valence-corrected chi connectivity index (χ0v) is 17.4. The van der Waals surface area contributed by atoms with Gasteiger partial charge in [0.1, 0.15) is 5.82 Å². The Labute approximate surface area is 186 Å². The molecular formula is C23H17FN4O3S. The van der Waals surface area contributed by atoms with Gasteiger partial charge in [0.15, 0.2) is 5.16 Å². The molecule has 4 rings (SSSR count). The summed E-state index contributed by atoms with van der Waals surface area (Å²) >= 11 is 1.08. The van der Waals surface area contributed by atoms with Crippen LogP contribution in [0.2, 0.25) is 0 Å². The van der Waals surface area contributed by atoms with Crippen LogP contribution in [0.1, 0.15) is 10.4 Å². The number of nitrogens with zero attached hydrogens (tertiary/aromatic N) is 2. The number of halogens is 1. The van der Waals surface area contributed by atoms with Crippen LogP contribution in [0.5, 0.6) is 0 Å². The molecule has 0 spiro atoms. The lowest BCUT2D eigenvalue weighted by Crippen LogP contribution is -2.23. The van der Waals surface area contributed by atoms with E-state index in [2.05, 4.69) is 10.3 Å². The molecular weight excluding hydrogens is 431 g/mol. The Bertz CT molecular complexity index is 1370. The lowest BCUT2D eigenvalue weighted by atomic mass is 10.2. The second-order valence-corrected chi connectivity index (χ2v) is 7.75. The highest BCUT2D eigenvalue weighted by atomic mass is 32.2. The number of nitrogens with two attached hydrogens (primary N) is 1. The van der Waals surface area contributed by atoms with Gasteiger partial charge in [-0.3, -0.25) is 19.0 Å². The molecule has 160 valence electrons. The number of hydrogen-bond donors (Lipinski definition) is 2. The number of thioether (sulfide) groups is 1. The van der Waals surface area contributed by atoms with Crippen molar-refractivity contribution in [1.82, 2.24) is 9.55 Å². The molecule has 0 saturated heterocycles. The van der Waals surface area contributed by atoms with Gasteiger partial charge in [0.25, 0.3) is 5.56 Å². The normalized spacial score (nSPS) is 10.8. The summed E-state index contributed by atoms with van der Waals surface area (Å²) in [6, 6.07) is 18.6. The molecule has 3 aromatic carbocycles. The fourth-order valence-corrected chi connectivity index (χ4v) is 3.88. The topological polar surface area (TPSA) is 107 Å². The van der Waals surface area contributed by atoms with Crippen LogP contribution in [-0.4, -0.2) is 27.1 Å². The number of para-hydroxylation sites is 1. The van der Waals surface area contributed by atoms with Crippen molar-refractivity contribution in [2.24, 2.45) is 5.73 Å². The zero-order chi connectivity index (χ0) is 22.7. The quantitative estimate of drug-likeness (QED) is 0.347. The van der Waals surface area contributed by atoms with Gasteiger partial charge in [-0.2, -0.15) is 0 Å². The van der Waals surface area contributed by atoms with E-state index in [4.69, 9.17) is 5.73 Å². The molecule has 0 saturated carbocycles. The fourth-order valence-electron chi connectivity index (χ4n) is 3.07. The molecule has 0 aliphatic rings. The first-order valence-corrected chi connectivity index (χ1v) is 10.5. The van der Waals surface area contributed by atoms with E-state index in [1.807, 2.05) is 0 Å². The Hall–Kier alpha value is -3.98. The smallest absolute Gasteiger partial charge is 0.266 e. The molecule has 7 nitrogen and oxygen atoms in total. The summed E-state index contributed by atoms with van der Waals surface area (Å²) < 4.78 is 14.8. The minimum absolute atomic E-state index is 0.0243. The van der Waals surface area contributed by atoms with E-state index >= 15 is 0 Å². The summed E-state index contributed by atoms with van der Waals surface area (Å²) in [5.41, 5.74) is 6.68. The molecule has 2 amide bonds. The Morgan fingerprint density at radius 1 is 1.00 bits per heavy atom. The summed E-state index contributed by atoms with van der Waals surface area (Å²) in [5.74, 6) is -1.33. The summed E-state index contributed by atoms with van der Waals surface area (Å²) in [6.07, 6.45) is 0. The third-order valence-corrected chi connectivity index (χ3v) is 5.55. The first-order chi connectivity index (χ1) is 15.4. The van der Waals surface area contributed by atoms with Crippen molar-refractivity contribution in [3.63, 3.8) is 0 Å². The van der Waals surface area contributed by atoms with Crippen LogP contribution in [0.15, 0.2) is 82.7 Å². The summed E-state index contributed by atoms with van der Waals surface area (Å²) in [6.45, 7) is 0. The lowest BCUT2D eigenvalue weighted by Gasteiger charge is -2.13. The predicted octanol–water partition coefficient (Wildman–Crippen LogP) is 3.35. The SMILES string of the molecule is NC(=O)c1ccc(NC(=O)CSc2nc3ccccc3c(=O)n2-c2ccc(F)cc2)cc1. The van der Waals surface area contributed by atoms with Crippen LogP contribution < -0.4 is 16.6 Å². The summed E-state index contributed by atoms with van der Waals surface area (Å²) in [7, 11) is 0. The molecule has 0 atom stereocenters.